The van der Waals surface area contributed by atoms with Crippen LogP contribution < -0.4 is 5.32 Å². The van der Waals surface area contributed by atoms with E-state index in [0.29, 0.717) is 17.3 Å². The smallest absolute Gasteiger partial charge is 0.264 e. The molecule has 0 aliphatic heterocycles. The number of aromatic nitrogens is 2. The van der Waals surface area contributed by atoms with Crippen LogP contribution in [0.1, 0.15) is 54.4 Å². The predicted molar refractivity (Wildman–Crippen MR) is 77.8 cm³/mol. The van der Waals surface area contributed by atoms with Crippen molar-refractivity contribution in [3.8, 4) is 0 Å². The molecule has 2 unspecified atom stereocenters. The van der Waals surface area contributed by atoms with E-state index in [-0.39, 0.29) is 11.3 Å². The molecule has 0 bridgehead atoms. The van der Waals surface area contributed by atoms with Crippen molar-refractivity contribution < 1.29 is 4.79 Å². The van der Waals surface area contributed by atoms with Gasteiger partial charge < -0.3 is 5.32 Å². The zero-order valence-corrected chi connectivity index (χ0v) is 12.8. The van der Waals surface area contributed by atoms with Gasteiger partial charge in [-0.05, 0) is 36.7 Å². The van der Waals surface area contributed by atoms with Crippen molar-refractivity contribution in [2.45, 2.75) is 50.8 Å². The van der Waals surface area contributed by atoms with Crippen LogP contribution in [0.15, 0.2) is 0 Å². The van der Waals surface area contributed by atoms with Gasteiger partial charge in [-0.25, -0.2) is 0 Å². The molecular weight excluding hydrogens is 282 g/mol. The Balaban J connectivity index is 1.88. The molecule has 1 aliphatic carbocycles. The molecule has 1 fully saturated rings. The number of aryl methyl sites for hydroxylation is 1. The van der Waals surface area contributed by atoms with Gasteiger partial charge in [0.05, 0.1) is 5.69 Å². The predicted octanol–water partition coefficient (Wildman–Crippen LogP) is 3.02. The fourth-order valence-electron chi connectivity index (χ4n) is 2.48. The second-order valence-corrected chi connectivity index (χ2v) is 6.38. The van der Waals surface area contributed by atoms with Crippen molar-refractivity contribution >= 4 is 29.0 Å². The highest BCUT2D eigenvalue weighted by molar-refractivity contribution is 7.08. The molecule has 1 amide bonds. The lowest BCUT2D eigenvalue weighted by molar-refractivity contribution is 0.0947. The Morgan fingerprint density at radius 3 is 3.00 bits per heavy atom. The van der Waals surface area contributed by atoms with E-state index in [1.54, 1.807) is 0 Å². The summed E-state index contributed by atoms with van der Waals surface area (Å²) in [6.45, 7) is 2.73. The molecular formula is C13H20ClN3OS. The Bertz CT molecular complexity index is 424. The summed E-state index contributed by atoms with van der Waals surface area (Å²) in [4.78, 5) is 12.8. The lowest BCUT2D eigenvalue weighted by Crippen LogP contribution is -2.34. The number of hydrogen-bond donors (Lipinski definition) is 1. The maximum atomic E-state index is 12.1. The summed E-state index contributed by atoms with van der Waals surface area (Å²) in [5.74, 6) is 0.350. The third kappa shape index (κ3) is 3.89. The fourth-order valence-corrected chi connectivity index (χ4v) is 3.47. The van der Waals surface area contributed by atoms with Gasteiger partial charge in [-0.2, -0.15) is 0 Å². The van der Waals surface area contributed by atoms with E-state index < -0.39 is 0 Å². The maximum absolute atomic E-state index is 12.1. The van der Waals surface area contributed by atoms with Crippen LogP contribution in [-0.2, 0) is 6.42 Å². The minimum Gasteiger partial charge on any atom is -0.351 e. The summed E-state index contributed by atoms with van der Waals surface area (Å²) in [6, 6.07) is 0. The first kappa shape index (κ1) is 14.7. The number of halogens is 1. The summed E-state index contributed by atoms with van der Waals surface area (Å²) in [6.07, 6.45) is 6.37. The van der Waals surface area contributed by atoms with Gasteiger partial charge in [-0.1, -0.05) is 30.7 Å². The fraction of sp³-hybridized carbons (Fsp3) is 0.769. The molecule has 1 N–H and O–H groups in total. The molecule has 6 heteroatoms. The number of carbonyl (C=O) groups is 1. The average molecular weight is 302 g/mol. The molecule has 0 radical (unpaired) electrons. The maximum Gasteiger partial charge on any atom is 0.264 e. The summed E-state index contributed by atoms with van der Waals surface area (Å²) in [7, 11) is 0. The van der Waals surface area contributed by atoms with E-state index in [0.717, 1.165) is 31.4 Å². The molecule has 106 valence electrons. The van der Waals surface area contributed by atoms with E-state index >= 15 is 0 Å². The van der Waals surface area contributed by atoms with Gasteiger partial charge in [0.15, 0.2) is 0 Å². The first-order chi connectivity index (χ1) is 9.22. The zero-order valence-electron chi connectivity index (χ0n) is 11.2. The standard InChI is InChI=1S/C13H20ClN3OS/c1-2-5-11-12(19-17-16-11)13(18)15-8-9-6-3-4-7-10(9)14/h9-10H,2-8H2,1H3,(H,15,18). The molecule has 1 aromatic heterocycles. The molecule has 0 spiro atoms. The van der Waals surface area contributed by atoms with Crippen molar-refractivity contribution in [2.75, 3.05) is 6.54 Å². The largest absolute Gasteiger partial charge is 0.351 e. The van der Waals surface area contributed by atoms with E-state index in [1.165, 1.54) is 24.4 Å². The number of nitrogens with zero attached hydrogens (tertiary/aromatic N) is 2. The van der Waals surface area contributed by atoms with Gasteiger partial charge in [0.2, 0.25) is 0 Å². The Labute approximate surface area is 123 Å². The second-order valence-electron chi connectivity index (χ2n) is 5.07. The van der Waals surface area contributed by atoms with Crippen molar-refractivity contribution in [1.29, 1.82) is 0 Å². The van der Waals surface area contributed by atoms with E-state index in [2.05, 4.69) is 21.8 Å². The van der Waals surface area contributed by atoms with Crippen molar-refractivity contribution in [3.63, 3.8) is 0 Å². The number of hydrogen-bond acceptors (Lipinski definition) is 4. The number of amides is 1. The highest BCUT2D eigenvalue weighted by Gasteiger charge is 2.24. The zero-order chi connectivity index (χ0) is 13.7. The SMILES string of the molecule is CCCc1nnsc1C(=O)NCC1CCCCC1Cl. The quantitative estimate of drug-likeness (QED) is 0.851. The minimum atomic E-state index is -0.0482. The van der Waals surface area contributed by atoms with E-state index in [1.807, 2.05) is 0 Å². The molecule has 2 atom stereocenters. The van der Waals surface area contributed by atoms with Crippen molar-refractivity contribution in [3.05, 3.63) is 10.6 Å². The lowest BCUT2D eigenvalue weighted by Gasteiger charge is -2.26. The molecule has 1 aliphatic rings. The van der Waals surface area contributed by atoms with Crippen LogP contribution in [0.25, 0.3) is 0 Å². The number of alkyl halides is 1. The van der Waals surface area contributed by atoms with Crippen LogP contribution in [0.3, 0.4) is 0 Å². The topological polar surface area (TPSA) is 54.9 Å². The van der Waals surface area contributed by atoms with Crippen LogP contribution in [0, 0.1) is 5.92 Å². The normalized spacial score (nSPS) is 23.3. The first-order valence-corrected chi connectivity index (χ1v) is 8.16. The molecule has 1 saturated carbocycles. The summed E-state index contributed by atoms with van der Waals surface area (Å²) < 4.78 is 3.88. The summed E-state index contributed by atoms with van der Waals surface area (Å²) in [5.41, 5.74) is 0.816. The number of nitrogens with one attached hydrogen (secondary N) is 1. The number of carbonyl (C=O) groups excluding carboxylic acids is 1. The Kier molecular flexibility index (Phi) is 5.58. The molecule has 4 nitrogen and oxygen atoms in total. The molecule has 2 rings (SSSR count). The minimum absolute atomic E-state index is 0.0482. The van der Waals surface area contributed by atoms with Gasteiger partial charge >= 0.3 is 0 Å². The van der Waals surface area contributed by atoms with Crippen molar-refractivity contribution in [1.82, 2.24) is 14.9 Å². The van der Waals surface area contributed by atoms with Gasteiger partial charge in [0.25, 0.3) is 5.91 Å². The Morgan fingerprint density at radius 2 is 2.26 bits per heavy atom. The molecule has 19 heavy (non-hydrogen) atoms. The molecule has 1 aromatic rings. The second kappa shape index (κ2) is 7.20. The monoisotopic (exact) mass is 301 g/mol. The van der Waals surface area contributed by atoms with Crippen LogP contribution in [0.2, 0.25) is 0 Å². The van der Waals surface area contributed by atoms with Gasteiger partial charge in [-0.15, -0.1) is 16.7 Å². The highest BCUT2D eigenvalue weighted by atomic mass is 35.5. The van der Waals surface area contributed by atoms with Crippen LogP contribution >= 0.6 is 23.1 Å². The van der Waals surface area contributed by atoms with E-state index in [4.69, 9.17) is 11.6 Å². The van der Waals surface area contributed by atoms with Crippen LogP contribution in [0.5, 0.6) is 0 Å². The van der Waals surface area contributed by atoms with Gasteiger partial charge in [0.1, 0.15) is 4.88 Å². The third-order valence-corrected chi connectivity index (χ3v) is 4.93. The van der Waals surface area contributed by atoms with Crippen LogP contribution in [-0.4, -0.2) is 27.4 Å². The van der Waals surface area contributed by atoms with E-state index in [9.17, 15) is 4.79 Å². The average Bonchev–Trinajstić information content (AvgIpc) is 2.86. The highest BCUT2D eigenvalue weighted by Crippen LogP contribution is 2.28. The summed E-state index contributed by atoms with van der Waals surface area (Å²) in [5, 5.41) is 7.21. The number of rotatable bonds is 5. The first-order valence-electron chi connectivity index (χ1n) is 6.95. The molecule has 0 saturated heterocycles. The molecule has 1 heterocycles. The Morgan fingerprint density at radius 1 is 1.47 bits per heavy atom. The third-order valence-electron chi connectivity index (χ3n) is 3.59. The Hall–Kier alpha value is -0.680. The van der Waals surface area contributed by atoms with Crippen LogP contribution in [0.4, 0.5) is 0 Å². The summed E-state index contributed by atoms with van der Waals surface area (Å²) >= 11 is 7.48. The lowest BCUT2D eigenvalue weighted by atomic mass is 9.89. The van der Waals surface area contributed by atoms with Crippen molar-refractivity contribution in [2.24, 2.45) is 5.92 Å². The van der Waals surface area contributed by atoms with Gasteiger partial charge in [0, 0.05) is 11.9 Å². The van der Waals surface area contributed by atoms with Gasteiger partial charge in [-0.3, -0.25) is 4.79 Å². The molecule has 0 aromatic carbocycles.